The molecule has 1 aliphatic heterocycles. The Morgan fingerprint density at radius 1 is 1.36 bits per heavy atom. The molecule has 0 saturated carbocycles. The lowest BCUT2D eigenvalue weighted by molar-refractivity contribution is 0.659. The molecule has 2 nitrogen and oxygen atoms in total. The molecule has 2 rings (SSSR count). The monoisotopic (exact) mass is 190 g/mol. The lowest BCUT2D eigenvalue weighted by Crippen LogP contribution is -2.18. The van der Waals surface area contributed by atoms with Crippen LogP contribution in [0.15, 0.2) is 24.3 Å². The van der Waals surface area contributed by atoms with Gasteiger partial charge < -0.3 is 10.6 Å². The van der Waals surface area contributed by atoms with Gasteiger partial charge in [0, 0.05) is 25.3 Å². The molecule has 1 fully saturated rings. The molecule has 1 saturated heterocycles. The summed E-state index contributed by atoms with van der Waals surface area (Å²) in [6.07, 6.45) is 1.32. The van der Waals surface area contributed by atoms with Gasteiger partial charge in [-0.15, -0.1) is 0 Å². The van der Waals surface area contributed by atoms with Gasteiger partial charge in [-0.25, -0.2) is 0 Å². The summed E-state index contributed by atoms with van der Waals surface area (Å²) in [6, 6.07) is 8.61. The Bertz CT molecular complexity index is 292. The van der Waals surface area contributed by atoms with E-state index in [-0.39, 0.29) is 0 Å². The molecular formula is C12H18N2. The van der Waals surface area contributed by atoms with Crippen molar-refractivity contribution < 1.29 is 0 Å². The third-order valence-corrected chi connectivity index (χ3v) is 2.96. The van der Waals surface area contributed by atoms with Crippen LogP contribution in [0.4, 0.5) is 5.69 Å². The summed E-state index contributed by atoms with van der Waals surface area (Å²) in [5, 5.41) is 0. The van der Waals surface area contributed by atoms with Crippen LogP contribution < -0.4 is 10.6 Å². The minimum absolute atomic E-state index is 0.636. The zero-order valence-electron chi connectivity index (χ0n) is 8.74. The highest BCUT2D eigenvalue weighted by Crippen LogP contribution is 2.23. The molecular weight excluding hydrogens is 172 g/mol. The molecule has 0 aliphatic carbocycles. The van der Waals surface area contributed by atoms with Crippen LogP contribution in [0.3, 0.4) is 0 Å². The second kappa shape index (κ2) is 4.01. The first-order valence-electron chi connectivity index (χ1n) is 5.33. The van der Waals surface area contributed by atoms with Crippen LogP contribution in [-0.4, -0.2) is 13.1 Å². The van der Waals surface area contributed by atoms with Gasteiger partial charge in [-0.05, 0) is 30.0 Å². The second-order valence-corrected chi connectivity index (χ2v) is 4.21. The van der Waals surface area contributed by atoms with Crippen molar-refractivity contribution in [3.8, 4) is 0 Å². The Labute approximate surface area is 85.7 Å². The lowest BCUT2D eigenvalue weighted by Gasteiger charge is -2.18. The van der Waals surface area contributed by atoms with E-state index < -0.39 is 0 Å². The van der Waals surface area contributed by atoms with E-state index in [2.05, 4.69) is 36.1 Å². The predicted octanol–water partition coefficient (Wildman–Crippen LogP) is 1.99. The number of hydrogen-bond donors (Lipinski definition) is 1. The Balaban J connectivity index is 2.09. The van der Waals surface area contributed by atoms with Gasteiger partial charge in [-0.3, -0.25) is 0 Å². The normalized spacial score (nSPS) is 21.6. The molecule has 0 aromatic heterocycles. The van der Waals surface area contributed by atoms with Crippen LogP contribution in [0, 0.1) is 5.92 Å². The first-order valence-corrected chi connectivity index (χ1v) is 5.33. The van der Waals surface area contributed by atoms with E-state index in [9.17, 15) is 0 Å². The van der Waals surface area contributed by atoms with Crippen LogP contribution in [-0.2, 0) is 6.54 Å². The van der Waals surface area contributed by atoms with Gasteiger partial charge >= 0.3 is 0 Å². The summed E-state index contributed by atoms with van der Waals surface area (Å²) in [5.41, 5.74) is 8.11. The number of anilines is 1. The fourth-order valence-corrected chi connectivity index (χ4v) is 2.01. The molecule has 0 spiro atoms. The lowest BCUT2D eigenvalue weighted by atomic mass is 10.2. The average Bonchev–Trinajstić information content (AvgIpc) is 2.65. The number of nitrogens with zero attached hydrogens (tertiary/aromatic N) is 1. The zero-order chi connectivity index (χ0) is 9.97. The third kappa shape index (κ3) is 1.90. The van der Waals surface area contributed by atoms with Crippen molar-refractivity contribution in [2.75, 3.05) is 18.0 Å². The standard InChI is InChI=1S/C12H18N2/c1-10-6-7-14(9-10)12-4-2-11(8-13)3-5-12/h2-5,10H,6-9,13H2,1H3. The molecule has 1 aromatic rings. The van der Waals surface area contributed by atoms with Crippen molar-refractivity contribution in [3.63, 3.8) is 0 Å². The largest absolute Gasteiger partial charge is 0.371 e. The molecule has 0 bridgehead atoms. The molecule has 0 radical (unpaired) electrons. The Morgan fingerprint density at radius 3 is 2.57 bits per heavy atom. The van der Waals surface area contributed by atoms with Crippen LogP contribution in [0.25, 0.3) is 0 Å². The van der Waals surface area contributed by atoms with Crippen LogP contribution >= 0.6 is 0 Å². The molecule has 2 N–H and O–H groups in total. The fraction of sp³-hybridized carbons (Fsp3) is 0.500. The molecule has 14 heavy (non-hydrogen) atoms. The van der Waals surface area contributed by atoms with Gasteiger partial charge in [0.2, 0.25) is 0 Å². The van der Waals surface area contributed by atoms with E-state index in [4.69, 9.17) is 5.73 Å². The Kier molecular flexibility index (Phi) is 2.73. The van der Waals surface area contributed by atoms with Crippen molar-refractivity contribution in [1.82, 2.24) is 0 Å². The van der Waals surface area contributed by atoms with Crippen molar-refractivity contribution in [2.45, 2.75) is 19.9 Å². The summed E-state index contributed by atoms with van der Waals surface area (Å²) in [5.74, 6) is 0.837. The summed E-state index contributed by atoms with van der Waals surface area (Å²) in [4.78, 5) is 2.45. The van der Waals surface area contributed by atoms with Crippen LogP contribution in [0.5, 0.6) is 0 Å². The Morgan fingerprint density at radius 2 is 2.07 bits per heavy atom. The summed E-state index contributed by atoms with van der Waals surface area (Å²) < 4.78 is 0. The van der Waals surface area contributed by atoms with Gasteiger partial charge in [-0.1, -0.05) is 19.1 Å². The molecule has 1 aromatic carbocycles. The number of nitrogens with two attached hydrogens (primary N) is 1. The minimum atomic E-state index is 0.636. The maximum absolute atomic E-state index is 5.56. The van der Waals surface area contributed by atoms with E-state index in [0.717, 1.165) is 5.92 Å². The van der Waals surface area contributed by atoms with Gasteiger partial charge in [0.15, 0.2) is 0 Å². The summed E-state index contributed by atoms with van der Waals surface area (Å²) >= 11 is 0. The summed E-state index contributed by atoms with van der Waals surface area (Å²) in [6.45, 7) is 5.34. The van der Waals surface area contributed by atoms with Crippen molar-refractivity contribution in [2.24, 2.45) is 11.7 Å². The maximum Gasteiger partial charge on any atom is 0.0366 e. The van der Waals surface area contributed by atoms with Crippen LogP contribution in [0.2, 0.25) is 0 Å². The van der Waals surface area contributed by atoms with E-state index in [0.29, 0.717) is 6.54 Å². The van der Waals surface area contributed by atoms with Crippen LogP contribution in [0.1, 0.15) is 18.9 Å². The molecule has 1 atom stereocenters. The van der Waals surface area contributed by atoms with E-state index in [1.165, 1.54) is 30.8 Å². The zero-order valence-corrected chi connectivity index (χ0v) is 8.74. The second-order valence-electron chi connectivity index (χ2n) is 4.21. The topological polar surface area (TPSA) is 29.3 Å². The molecule has 1 unspecified atom stereocenters. The third-order valence-electron chi connectivity index (χ3n) is 2.96. The number of benzene rings is 1. The van der Waals surface area contributed by atoms with E-state index >= 15 is 0 Å². The van der Waals surface area contributed by atoms with Crippen molar-refractivity contribution in [1.29, 1.82) is 0 Å². The highest BCUT2D eigenvalue weighted by Gasteiger charge is 2.18. The molecule has 0 amide bonds. The van der Waals surface area contributed by atoms with Crippen molar-refractivity contribution >= 4 is 5.69 Å². The molecule has 1 heterocycles. The first-order chi connectivity index (χ1) is 6.79. The predicted molar refractivity (Wildman–Crippen MR) is 60.3 cm³/mol. The van der Waals surface area contributed by atoms with Gasteiger partial charge in [0.1, 0.15) is 0 Å². The molecule has 76 valence electrons. The average molecular weight is 190 g/mol. The number of hydrogen-bond acceptors (Lipinski definition) is 2. The van der Waals surface area contributed by atoms with E-state index in [1.54, 1.807) is 0 Å². The SMILES string of the molecule is CC1CCN(c2ccc(CN)cc2)C1. The quantitative estimate of drug-likeness (QED) is 0.772. The minimum Gasteiger partial charge on any atom is -0.371 e. The highest BCUT2D eigenvalue weighted by molar-refractivity contribution is 5.48. The van der Waals surface area contributed by atoms with E-state index in [1.807, 2.05) is 0 Å². The van der Waals surface area contributed by atoms with Gasteiger partial charge in [0.05, 0.1) is 0 Å². The van der Waals surface area contributed by atoms with Gasteiger partial charge in [0.25, 0.3) is 0 Å². The maximum atomic E-state index is 5.56. The van der Waals surface area contributed by atoms with Gasteiger partial charge in [-0.2, -0.15) is 0 Å². The first kappa shape index (κ1) is 9.53. The Hall–Kier alpha value is -1.02. The molecule has 2 heteroatoms. The molecule has 1 aliphatic rings. The summed E-state index contributed by atoms with van der Waals surface area (Å²) in [7, 11) is 0. The fourth-order valence-electron chi connectivity index (χ4n) is 2.01. The highest BCUT2D eigenvalue weighted by atomic mass is 15.1. The van der Waals surface area contributed by atoms with Crippen molar-refractivity contribution in [3.05, 3.63) is 29.8 Å². The smallest absolute Gasteiger partial charge is 0.0366 e. The number of rotatable bonds is 2.